The molecule has 1 aliphatic carbocycles. The van der Waals surface area contributed by atoms with Crippen LogP contribution in [0.2, 0.25) is 0 Å². The molecule has 1 aromatic heterocycles. The van der Waals surface area contributed by atoms with E-state index in [0.717, 1.165) is 44.4 Å². The Labute approximate surface area is 100 Å². The van der Waals surface area contributed by atoms with Gasteiger partial charge < -0.3 is 9.52 Å². The highest BCUT2D eigenvalue weighted by Crippen LogP contribution is 2.38. The summed E-state index contributed by atoms with van der Waals surface area (Å²) in [6, 6.07) is 1.96. The van der Waals surface area contributed by atoms with Crippen LogP contribution in [0.3, 0.4) is 0 Å². The molecule has 92 valence electrons. The first kappa shape index (κ1) is 10.8. The van der Waals surface area contributed by atoms with Crippen molar-refractivity contribution in [3.8, 4) is 0 Å². The van der Waals surface area contributed by atoms with Gasteiger partial charge in [-0.1, -0.05) is 0 Å². The average Bonchev–Trinajstić information content (AvgIpc) is 2.97. The summed E-state index contributed by atoms with van der Waals surface area (Å²) in [5, 5.41) is 9.25. The molecule has 0 saturated carbocycles. The van der Waals surface area contributed by atoms with Crippen molar-refractivity contribution >= 4 is 5.97 Å². The van der Waals surface area contributed by atoms with Crippen molar-refractivity contribution in [2.45, 2.75) is 44.2 Å². The van der Waals surface area contributed by atoms with Crippen LogP contribution in [-0.4, -0.2) is 28.6 Å². The fourth-order valence-electron chi connectivity index (χ4n) is 3.23. The lowest BCUT2D eigenvalue weighted by molar-refractivity contribution is -0.143. The molecule has 0 radical (unpaired) electrons. The van der Waals surface area contributed by atoms with E-state index in [-0.39, 0.29) is 12.1 Å². The molecule has 17 heavy (non-hydrogen) atoms. The molecule has 1 saturated heterocycles. The Bertz CT molecular complexity index is 426. The topological polar surface area (TPSA) is 53.7 Å². The molecule has 4 heteroatoms. The number of carboxylic acid groups (broad SMARTS) is 1. The summed E-state index contributed by atoms with van der Waals surface area (Å²) in [6.45, 7) is 0.895. The third-order valence-electron chi connectivity index (χ3n) is 4.00. The van der Waals surface area contributed by atoms with Crippen LogP contribution in [0.15, 0.2) is 16.7 Å². The van der Waals surface area contributed by atoms with Gasteiger partial charge in [0, 0.05) is 18.0 Å². The second-order valence-electron chi connectivity index (χ2n) is 4.94. The third kappa shape index (κ3) is 1.76. The summed E-state index contributed by atoms with van der Waals surface area (Å²) in [6.07, 6.45) is 6.63. The molecule has 0 amide bonds. The molecular formula is C13H17NO3. The molecule has 4 nitrogen and oxygen atoms in total. The Morgan fingerprint density at radius 1 is 1.41 bits per heavy atom. The standard InChI is InChI=1S/C13H17NO3/c15-13(16)11-4-2-7-14(11)10-3-1-5-12-9(10)6-8-17-12/h6,8,10-11H,1-5,7H2,(H,15,16). The van der Waals surface area contributed by atoms with E-state index in [9.17, 15) is 9.90 Å². The molecule has 2 aliphatic rings. The summed E-state index contributed by atoms with van der Waals surface area (Å²) in [5.41, 5.74) is 1.21. The van der Waals surface area contributed by atoms with Crippen LogP contribution in [0.1, 0.15) is 43.0 Å². The summed E-state index contributed by atoms with van der Waals surface area (Å²) in [5.74, 6) is 0.371. The van der Waals surface area contributed by atoms with E-state index in [1.807, 2.05) is 6.07 Å². The molecule has 1 aromatic rings. The van der Waals surface area contributed by atoms with E-state index < -0.39 is 5.97 Å². The van der Waals surface area contributed by atoms with Gasteiger partial charge in [-0.3, -0.25) is 9.69 Å². The fourth-order valence-corrected chi connectivity index (χ4v) is 3.23. The number of carbonyl (C=O) groups is 1. The molecule has 1 fully saturated rings. The fraction of sp³-hybridized carbons (Fsp3) is 0.615. The molecule has 2 unspecified atom stereocenters. The quantitative estimate of drug-likeness (QED) is 0.853. The summed E-state index contributed by atoms with van der Waals surface area (Å²) in [4.78, 5) is 13.4. The van der Waals surface area contributed by atoms with Gasteiger partial charge in [-0.05, 0) is 38.3 Å². The predicted octanol–water partition coefficient (Wildman–Crippen LogP) is 2.21. The largest absolute Gasteiger partial charge is 0.480 e. The van der Waals surface area contributed by atoms with Gasteiger partial charge in [-0.2, -0.15) is 0 Å². The Hall–Kier alpha value is -1.29. The van der Waals surface area contributed by atoms with E-state index in [2.05, 4.69) is 4.90 Å². The van der Waals surface area contributed by atoms with Crippen LogP contribution in [0.5, 0.6) is 0 Å². The number of aryl methyl sites for hydroxylation is 1. The molecule has 0 spiro atoms. The van der Waals surface area contributed by atoms with Gasteiger partial charge in [-0.15, -0.1) is 0 Å². The first-order valence-corrected chi connectivity index (χ1v) is 6.32. The second kappa shape index (κ2) is 4.18. The van der Waals surface area contributed by atoms with E-state index in [1.54, 1.807) is 6.26 Å². The number of furan rings is 1. The molecule has 1 aliphatic heterocycles. The van der Waals surface area contributed by atoms with Gasteiger partial charge in [0.05, 0.1) is 6.26 Å². The van der Waals surface area contributed by atoms with Crippen molar-refractivity contribution in [2.24, 2.45) is 0 Å². The number of hydrogen-bond acceptors (Lipinski definition) is 3. The Kier molecular flexibility index (Phi) is 2.67. The van der Waals surface area contributed by atoms with Crippen LogP contribution in [-0.2, 0) is 11.2 Å². The summed E-state index contributed by atoms with van der Waals surface area (Å²) < 4.78 is 5.47. The van der Waals surface area contributed by atoms with Crippen LogP contribution < -0.4 is 0 Å². The molecule has 3 rings (SSSR count). The lowest BCUT2D eigenvalue weighted by Crippen LogP contribution is -2.39. The van der Waals surface area contributed by atoms with Crippen LogP contribution in [0.4, 0.5) is 0 Å². The zero-order chi connectivity index (χ0) is 11.8. The number of likely N-dealkylation sites (tertiary alicyclic amines) is 1. The van der Waals surface area contributed by atoms with Gasteiger partial charge in [0.2, 0.25) is 0 Å². The Morgan fingerprint density at radius 2 is 2.29 bits per heavy atom. The van der Waals surface area contributed by atoms with E-state index in [1.165, 1.54) is 5.56 Å². The number of fused-ring (bicyclic) bond motifs is 1. The van der Waals surface area contributed by atoms with Gasteiger partial charge >= 0.3 is 5.97 Å². The van der Waals surface area contributed by atoms with E-state index >= 15 is 0 Å². The number of rotatable bonds is 2. The third-order valence-corrected chi connectivity index (χ3v) is 4.00. The van der Waals surface area contributed by atoms with Crippen LogP contribution in [0, 0.1) is 0 Å². The Balaban J connectivity index is 1.88. The number of nitrogens with zero attached hydrogens (tertiary/aromatic N) is 1. The van der Waals surface area contributed by atoms with Gasteiger partial charge in [0.15, 0.2) is 0 Å². The molecule has 2 atom stereocenters. The SMILES string of the molecule is O=C(O)C1CCCN1C1CCCc2occc21. The maximum Gasteiger partial charge on any atom is 0.320 e. The molecule has 0 aromatic carbocycles. The second-order valence-corrected chi connectivity index (χ2v) is 4.94. The number of aliphatic carboxylic acids is 1. The zero-order valence-corrected chi connectivity index (χ0v) is 9.76. The highest BCUT2D eigenvalue weighted by atomic mass is 16.4. The van der Waals surface area contributed by atoms with Crippen molar-refractivity contribution in [2.75, 3.05) is 6.54 Å². The predicted molar refractivity (Wildman–Crippen MR) is 61.8 cm³/mol. The number of hydrogen-bond donors (Lipinski definition) is 1. The molecule has 0 bridgehead atoms. The van der Waals surface area contributed by atoms with Crippen molar-refractivity contribution in [1.82, 2.24) is 4.90 Å². The van der Waals surface area contributed by atoms with Crippen molar-refractivity contribution in [3.05, 3.63) is 23.7 Å². The summed E-state index contributed by atoms with van der Waals surface area (Å²) >= 11 is 0. The minimum atomic E-state index is -0.682. The molecule has 2 heterocycles. The van der Waals surface area contributed by atoms with Crippen LogP contribution in [0.25, 0.3) is 0 Å². The monoisotopic (exact) mass is 235 g/mol. The van der Waals surface area contributed by atoms with Crippen molar-refractivity contribution in [1.29, 1.82) is 0 Å². The lowest BCUT2D eigenvalue weighted by atomic mass is 9.92. The van der Waals surface area contributed by atoms with E-state index in [4.69, 9.17) is 4.42 Å². The smallest absolute Gasteiger partial charge is 0.320 e. The first-order chi connectivity index (χ1) is 8.27. The molecule has 1 N–H and O–H groups in total. The van der Waals surface area contributed by atoms with Gasteiger partial charge in [0.1, 0.15) is 11.8 Å². The van der Waals surface area contributed by atoms with Gasteiger partial charge in [-0.25, -0.2) is 0 Å². The number of carboxylic acids is 1. The minimum Gasteiger partial charge on any atom is -0.480 e. The van der Waals surface area contributed by atoms with E-state index in [0.29, 0.717) is 0 Å². The van der Waals surface area contributed by atoms with Crippen LogP contribution >= 0.6 is 0 Å². The highest BCUT2D eigenvalue weighted by Gasteiger charge is 2.38. The first-order valence-electron chi connectivity index (χ1n) is 6.32. The van der Waals surface area contributed by atoms with Crippen molar-refractivity contribution in [3.63, 3.8) is 0 Å². The lowest BCUT2D eigenvalue weighted by Gasteiger charge is -2.33. The average molecular weight is 235 g/mol. The highest BCUT2D eigenvalue weighted by molar-refractivity contribution is 5.73. The summed E-state index contributed by atoms with van der Waals surface area (Å²) in [7, 11) is 0. The Morgan fingerprint density at radius 3 is 3.12 bits per heavy atom. The van der Waals surface area contributed by atoms with Crippen molar-refractivity contribution < 1.29 is 14.3 Å². The van der Waals surface area contributed by atoms with Gasteiger partial charge in [0.25, 0.3) is 0 Å². The maximum absolute atomic E-state index is 11.2. The maximum atomic E-state index is 11.2. The minimum absolute atomic E-state index is 0.251. The zero-order valence-electron chi connectivity index (χ0n) is 9.76. The normalized spacial score (nSPS) is 29.2. The molecular weight excluding hydrogens is 218 g/mol.